The Morgan fingerprint density at radius 3 is 2.81 bits per heavy atom. The van der Waals surface area contributed by atoms with Gasteiger partial charge in [0.05, 0.1) is 11.4 Å². The first-order valence-corrected chi connectivity index (χ1v) is 6.18. The van der Waals surface area contributed by atoms with Crippen LogP contribution in [0.3, 0.4) is 0 Å². The predicted molar refractivity (Wildman–Crippen MR) is 71.7 cm³/mol. The van der Waals surface area contributed by atoms with Gasteiger partial charge in [-0.05, 0) is 24.3 Å². The van der Waals surface area contributed by atoms with Crippen molar-refractivity contribution in [3.8, 4) is 5.75 Å². The van der Waals surface area contributed by atoms with Crippen molar-refractivity contribution < 1.29 is 29.6 Å². The second kappa shape index (κ2) is 6.38. The standard InChI is InChI=1S/C13H10ClNO6/c14-8-3-4-10(12-7(8)2-1-5-15-12)20-21-13(19)9(16)6-11(17)18/h1-5,9,16H,6H2,(H,17,18). The Labute approximate surface area is 123 Å². The molecule has 21 heavy (non-hydrogen) atoms. The minimum atomic E-state index is -1.81. The molecule has 2 aromatic rings. The van der Waals surface area contributed by atoms with Crippen LogP contribution in [0.2, 0.25) is 5.02 Å². The summed E-state index contributed by atoms with van der Waals surface area (Å²) in [6, 6.07) is 6.36. The molecule has 0 aliphatic heterocycles. The zero-order valence-electron chi connectivity index (χ0n) is 10.5. The van der Waals surface area contributed by atoms with Crippen LogP contribution in [0.4, 0.5) is 0 Å². The molecule has 0 radical (unpaired) electrons. The number of aliphatic carboxylic acids is 1. The van der Waals surface area contributed by atoms with Crippen LogP contribution < -0.4 is 4.89 Å². The first-order valence-electron chi connectivity index (χ1n) is 5.80. The van der Waals surface area contributed by atoms with E-state index in [-0.39, 0.29) is 5.75 Å². The lowest BCUT2D eigenvalue weighted by Gasteiger charge is -2.09. The van der Waals surface area contributed by atoms with Gasteiger partial charge in [-0.1, -0.05) is 11.6 Å². The molecule has 110 valence electrons. The minimum absolute atomic E-state index is 0.117. The molecule has 2 rings (SSSR count). The Morgan fingerprint density at radius 1 is 1.33 bits per heavy atom. The number of aromatic nitrogens is 1. The maximum absolute atomic E-state index is 11.3. The minimum Gasteiger partial charge on any atom is -0.481 e. The van der Waals surface area contributed by atoms with Crippen LogP contribution in [0.15, 0.2) is 30.5 Å². The topological polar surface area (TPSA) is 106 Å². The van der Waals surface area contributed by atoms with Crippen LogP contribution in [0.1, 0.15) is 6.42 Å². The smallest absolute Gasteiger partial charge is 0.384 e. The molecule has 0 fully saturated rings. The fourth-order valence-corrected chi connectivity index (χ4v) is 1.78. The van der Waals surface area contributed by atoms with E-state index in [0.29, 0.717) is 15.9 Å². The molecule has 0 aliphatic carbocycles. The average molecular weight is 312 g/mol. The van der Waals surface area contributed by atoms with Gasteiger partial charge in [0.15, 0.2) is 6.10 Å². The highest BCUT2D eigenvalue weighted by atomic mass is 35.5. The molecule has 0 aliphatic rings. The fraction of sp³-hybridized carbons (Fsp3) is 0.154. The van der Waals surface area contributed by atoms with Gasteiger partial charge in [-0.2, -0.15) is 0 Å². The highest BCUT2D eigenvalue weighted by Crippen LogP contribution is 2.29. The van der Waals surface area contributed by atoms with Gasteiger partial charge >= 0.3 is 11.9 Å². The van der Waals surface area contributed by atoms with E-state index in [1.54, 1.807) is 12.1 Å². The molecule has 8 heteroatoms. The van der Waals surface area contributed by atoms with Crippen molar-refractivity contribution in [1.29, 1.82) is 0 Å². The first kappa shape index (κ1) is 15.0. The maximum Gasteiger partial charge on any atom is 0.384 e. The molecule has 0 amide bonds. The number of halogens is 1. The molecule has 0 spiro atoms. The van der Waals surface area contributed by atoms with Crippen LogP contribution in [-0.2, 0) is 14.5 Å². The highest BCUT2D eigenvalue weighted by Gasteiger charge is 2.22. The third kappa shape index (κ3) is 3.59. The van der Waals surface area contributed by atoms with Crippen LogP contribution in [0, 0.1) is 0 Å². The molecule has 2 N–H and O–H groups in total. The van der Waals surface area contributed by atoms with Crippen molar-refractivity contribution in [3.05, 3.63) is 35.5 Å². The Morgan fingerprint density at radius 2 is 2.10 bits per heavy atom. The Hall–Kier alpha value is -2.38. The maximum atomic E-state index is 11.3. The van der Waals surface area contributed by atoms with E-state index < -0.39 is 24.5 Å². The summed E-state index contributed by atoms with van der Waals surface area (Å²) in [5.74, 6) is -2.43. The molecular formula is C13H10ClNO6. The molecule has 1 heterocycles. The zero-order valence-corrected chi connectivity index (χ0v) is 11.3. The number of carbonyl (C=O) groups is 2. The van der Waals surface area contributed by atoms with Crippen molar-refractivity contribution in [2.24, 2.45) is 0 Å². The molecule has 1 unspecified atom stereocenters. The number of carboxylic acid groups (broad SMARTS) is 1. The number of pyridine rings is 1. The van der Waals surface area contributed by atoms with Gasteiger partial charge < -0.3 is 10.2 Å². The van der Waals surface area contributed by atoms with Gasteiger partial charge in [0, 0.05) is 11.6 Å². The van der Waals surface area contributed by atoms with Crippen molar-refractivity contribution in [1.82, 2.24) is 4.98 Å². The van der Waals surface area contributed by atoms with E-state index in [1.165, 1.54) is 18.3 Å². The number of nitrogens with zero attached hydrogens (tertiary/aromatic N) is 1. The lowest BCUT2D eigenvalue weighted by Crippen LogP contribution is -2.27. The van der Waals surface area contributed by atoms with Crippen molar-refractivity contribution in [2.75, 3.05) is 0 Å². The normalized spacial score (nSPS) is 11.9. The number of hydrogen-bond donors (Lipinski definition) is 2. The summed E-state index contributed by atoms with van der Waals surface area (Å²) >= 11 is 5.99. The number of carboxylic acids is 1. The second-order valence-corrected chi connectivity index (χ2v) is 4.45. The van der Waals surface area contributed by atoms with E-state index in [0.717, 1.165) is 0 Å². The second-order valence-electron chi connectivity index (χ2n) is 4.04. The zero-order chi connectivity index (χ0) is 15.4. The van der Waals surface area contributed by atoms with E-state index in [4.69, 9.17) is 21.6 Å². The summed E-state index contributed by atoms with van der Waals surface area (Å²) in [4.78, 5) is 35.0. The van der Waals surface area contributed by atoms with Crippen molar-refractivity contribution in [2.45, 2.75) is 12.5 Å². The molecule has 7 nitrogen and oxygen atoms in total. The van der Waals surface area contributed by atoms with E-state index in [1.807, 2.05) is 0 Å². The number of hydrogen-bond acceptors (Lipinski definition) is 6. The van der Waals surface area contributed by atoms with Gasteiger partial charge in [-0.15, -0.1) is 0 Å². The van der Waals surface area contributed by atoms with E-state index >= 15 is 0 Å². The summed E-state index contributed by atoms with van der Waals surface area (Å²) in [5, 5.41) is 18.8. The van der Waals surface area contributed by atoms with Crippen molar-refractivity contribution in [3.63, 3.8) is 0 Å². The van der Waals surface area contributed by atoms with Gasteiger partial charge in [0.25, 0.3) is 0 Å². The number of benzene rings is 1. The largest absolute Gasteiger partial charge is 0.481 e. The lowest BCUT2D eigenvalue weighted by atomic mass is 10.2. The Balaban J connectivity index is 2.12. The molecule has 0 saturated heterocycles. The summed E-state index contributed by atoms with van der Waals surface area (Å²) < 4.78 is 0. The predicted octanol–water partition coefficient (Wildman–Crippen LogP) is 1.56. The van der Waals surface area contributed by atoms with Gasteiger partial charge in [-0.25, -0.2) is 9.68 Å². The summed E-state index contributed by atoms with van der Waals surface area (Å²) in [7, 11) is 0. The van der Waals surface area contributed by atoms with E-state index in [9.17, 15) is 14.7 Å². The summed E-state index contributed by atoms with van der Waals surface area (Å²) in [5.41, 5.74) is 0.366. The average Bonchev–Trinajstić information content (AvgIpc) is 2.46. The quantitative estimate of drug-likeness (QED) is 0.637. The summed E-state index contributed by atoms with van der Waals surface area (Å²) in [6.07, 6.45) is -1.08. The SMILES string of the molecule is O=C(O)CC(O)C(=O)OOc1ccc(Cl)c2cccnc12. The number of rotatable bonds is 5. The fourth-order valence-electron chi connectivity index (χ4n) is 1.57. The molecule has 1 atom stereocenters. The van der Waals surface area contributed by atoms with Gasteiger partial charge in [-0.3, -0.25) is 14.7 Å². The van der Waals surface area contributed by atoms with Gasteiger partial charge in [0.1, 0.15) is 5.52 Å². The third-order valence-corrected chi connectivity index (χ3v) is 2.86. The molecule has 0 bridgehead atoms. The van der Waals surface area contributed by atoms with Crippen LogP contribution >= 0.6 is 11.6 Å². The van der Waals surface area contributed by atoms with Crippen LogP contribution in [0.5, 0.6) is 5.75 Å². The first-order chi connectivity index (χ1) is 9.99. The number of fused-ring (bicyclic) bond motifs is 1. The van der Waals surface area contributed by atoms with Gasteiger partial charge in [0.2, 0.25) is 5.75 Å². The van der Waals surface area contributed by atoms with Crippen molar-refractivity contribution >= 4 is 34.4 Å². The van der Waals surface area contributed by atoms with Crippen LogP contribution in [-0.4, -0.2) is 33.2 Å². The lowest BCUT2D eigenvalue weighted by molar-refractivity contribution is -0.222. The Kier molecular flexibility index (Phi) is 4.56. The Bertz CT molecular complexity index is 689. The highest BCUT2D eigenvalue weighted by molar-refractivity contribution is 6.35. The number of aliphatic hydroxyl groups is 1. The number of aliphatic hydroxyl groups excluding tert-OH is 1. The third-order valence-electron chi connectivity index (χ3n) is 2.53. The molecule has 0 saturated carbocycles. The summed E-state index contributed by atoms with van der Waals surface area (Å²) in [6.45, 7) is 0. The molecule has 1 aromatic heterocycles. The van der Waals surface area contributed by atoms with Crippen LogP contribution in [0.25, 0.3) is 10.9 Å². The van der Waals surface area contributed by atoms with E-state index in [2.05, 4.69) is 9.87 Å². The monoisotopic (exact) mass is 311 g/mol. The molecular weight excluding hydrogens is 302 g/mol. The molecule has 1 aromatic carbocycles. The number of carbonyl (C=O) groups excluding carboxylic acids is 1.